The predicted octanol–water partition coefficient (Wildman–Crippen LogP) is 1.84. The van der Waals surface area contributed by atoms with Crippen molar-refractivity contribution in [3.8, 4) is 0 Å². The van der Waals surface area contributed by atoms with Crippen molar-refractivity contribution in [2.24, 2.45) is 5.73 Å². The van der Waals surface area contributed by atoms with Crippen LogP contribution in [-0.2, 0) is 4.79 Å². The molecule has 0 aromatic heterocycles. The van der Waals surface area contributed by atoms with Crippen LogP contribution in [0.3, 0.4) is 0 Å². The van der Waals surface area contributed by atoms with Crippen molar-refractivity contribution in [3.63, 3.8) is 0 Å². The van der Waals surface area contributed by atoms with Gasteiger partial charge < -0.3 is 11.1 Å². The van der Waals surface area contributed by atoms with E-state index in [1.807, 2.05) is 32.9 Å². The molecule has 1 rings (SSSR count). The molecule has 4 heteroatoms. The minimum atomic E-state index is -0.607. The minimum absolute atomic E-state index is 0.0463. The van der Waals surface area contributed by atoms with Crippen LogP contribution >= 0.6 is 12.2 Å². The van der Waals surface area contributed by atoms with Crippen LogP contribution in [-0.4, -0.2) is 10.9 Å². The maximum absolute atomic E-state index is 10.8. The third-order valence-corrected chi connectivity index (χ3v) is 2.44. The standard InChI is InChI=1S/C11H14N2OS/c1-6-4-7(2)9(8(3)5-6)13-11(15)10(12)14/h4-5H,1-3H3,(H2,12,14)(H,13,15). The van der Waals surface area contributed by atoms with Gasteiger partial charge in [-0.3, -0.25) is 4.79 Å². The van der Waals surface area contributed by atoms with E-state index in [-0.39, 0.29) is 4.99 Å². The highest BCUT2D eigenvalue weighted by Crippen LogP contribution is 2.21. The van der Waals surface area contributed by atoms with Gasteiger partial charge in [-0.2, -0.15) is 0 Å². The molecule has 3 nitrogen and oxygen atoms in total. The molecule has 1 amide bonds. The van der Waals surface area contributed by atoms with Crippen LogP contribution < -0.4 is 11.1 Å². The third kappa shape index (κ3) is 2.76. The highest BCUT2D eigenvalue weighted by molar-refractivity contribution is 7.82. The average Bonchev–Trinajstić information content (AvgIpc) is 2.10. The molecule has 0 heterocycles. The van der Waals surface area contributed by atoms with Gasteiger partial charge in [-0.1, -0.05) is 29.9 Å². The molecule has 0 unspecified atom stereocenters. The van der Waals surface area contributed by atoms with Crippen molar-refractivity contribution in [2.45, 2.75) is 20.8 Å². The lowest BCUT2D eigenvalue weighted by Crippen LogP contribution is -2.28. The van der Waals surface area contributed by atoms with Crippen molar-refractivity contribution in [1.82, 2.24) is 0 Å². The zero-order valence-electron chi connectivity index (χ0n) is 9.05. The molecule has 0 aliphatic carbocycles. The second-order valence-electron chi connectivity index (χ2n) is 3.59. The van der Waals surface area contributed by atoms with Gasteiger partial charge in [0.05, 0.1) is 0 Å². The first-order valence-corrected chi connectivity index (χ1v) is 5.01. The highest BCUT2D eigenvalue weighted by atomic mass is 32.1. The van der Waals surface area contributed by atoms with E-state index in [2.05, 4.69) is 5.32 Å². The van der Waals surface area contributed by atoms with E-state index in [4.69, 9.17) is 18.0 Å². The van der Waals surface area contributed by atoms with E-state index in [0.29, 0.717) is 0 Å². The van der Waals surface area contributed by atoms with Gasteiger partial charge in [-0.15, -0.1) is 0 Å². The highest BCUT2D eigenvalue weighted by Gasteiger charge is 2.08. The Bertz CT molecular complexity index is 404. The largest absolute Gasteiger partial charge is 0.364 e. The molecule has 1 aromatic rings. The Morgan fingerprint density at radius 3 is 2.13 bits per heavy atom. The number of thiocarbonyl (C=S) groups is 1. The van der Waals surface area contributed by atoms with Crippen LogP contribution in [0.4, 0.5) is 5.69 Å². The van der Waals surface area contributed by atoms with Crippen molar-refractivity contribution < 1.29 is 4.79 Å². The molecule has 1 aromatic carbocycles. The van der Waals surface area contributed by atoms with Crippen LogP contribution in [0.15, 0.2) is 12.1 Å². The number of carbonyl (C=O) groups is 1. The number of hydrogen-bond donors (Lipinski definition) is 2. The quantitative estimate of drug-likeness (QED) is 0.713. The number of nitrogens with two attached hydrogens (primary N) is 1. The van der Waals surface area contributed by atoms with Gasteiger partial charge in [0.1, 0.15) is 0 Å². The third-order valence-electron chi connectivity index (χ3n) is 2.14. The van der Waals surface area contributed by atoms with Crippen molar-refractivity contribution in [3.05, 3.63) is 28.8 Å². The molecule has 0 saturated carbocycles. The minimum Gasteiger partial charge on any atom is -0.364 e. The molecule has 0 aliphatic rings. The lowest BCUT2D eigenvalue weighted by Gasteiger charge is -2.12. The molecular formula is C11H14N2OS. The normalized spacial score (nSPS) is 9.80. The summed E-state index contributed by atoms with van der Waals surface area (Å²) in [5.74, 6) is -0.607. The zero-order chi connectivity index (χ0) is 11.6. The second kappa shape index (κ2) is 4.40. The van der Waals surface area contributed by atoms with Crippen LogP contribution in [0.5, 0.6) is 0 Å². The van der Waals surface area contributed by atoms with Crippen LogP contribution in [0.1, 0.15) is 16.7 Å². The summed E-state index contributed by atoms with van der Waals surface area (Å²) >= 11 is 4.83. The van der Waals surface area contributed by atoms with Gasteiger partial charge in [-0.25, -0.2) is 0 Å². The van der Waals surface area contributed by atoms with Crippen LogP contribution in [0.25, 0.3) is 0 Å². The van der Waals surface area contributed by atoms with E-state index in [1.165, 1.54) is 5.56 Å². The summed E-state index contributed by atoms with van der Waals surface area (Å²) in [7, 11) is 0. The second-order valence-corrected chi connectivity index (χ2v) is 4.00. The van der Waals surface area contributed by atoms with Gasteiger partial charge in [-0.05, 0) is 31.9 Å². The summed E-state index contributed by atoms with van der Waals surface area (Å²) in [5, 5.41) is 2.86. The number of anilines is 1. The number of amides is 1. The van der Waals surface area contributed by atoms with Gasteiger partial charge in [0, 0.05) is 5.69 Å². The molecule has 0 spiro atoms. The van der Waals surface area contributed by atoms with Gasteiger partial charge >= 0.3 is 0 Å². The maximum Gasteiger partial charge on any atom is 0.276 e. The summed E-state index contributed by atoms with van der Waals surface area (Å²) in [4.78, 5) is 10.9. The molecule has 80 valence electrons. The maximum atomic E-state index is 10.8. The Kier molecular flexibility index (Phi) is 3.42. The predicted molar refractivity (Wildman–Crippen MR) is 66.1 cm³/mol. The Hall–Kier alpha value is -1.42. The number of primary amides is 1. The van der Waals surface area contributed by atoms with E-state index >= 15 is 0 Å². The summed E-state index contributed by atoms with van der Waals surface area (Å²) in [5.41, 5.74) is 9.22. The number of hydrogen-bond acceptors (Lipinski definition) is 2. The monoisotopic (exact) mass is 222 g/mol. The molecule has 0 bridgehead atoms. The lowest BCUT2D eigenvalue weighted by molar-refractivity contribution is -0.111. The summed E-state index contributed by atoms with van der Waals surface area (Å²) < 4.78 is 0. The summed E-state index contributed by atoms with van der Waals surface area (Å²) in [6.07, 6.45) is 0. The van der Waals surface area contributed by atoms with Gasteiger partial charge in [0.15, 0.2) is 4.99 Å². The van der Waals surface area contributed by atoms with Crippen molar-refractivity contribution in [1.29, 1.82) is 0 Å². The number of carbonyl (C=O) groups excluding carboxylic acids is 1. The van der Waals surface area contributed by atoms with Gasteiger partial charge in [0.25, 0.3) is 5.91 Å². The van der Waals surface area contributed by atoms with Crippen LogP contribution in [0, 0.1) is 20.8 Å². The van der Waals surface area contributed by atoms with E-state index in [1.54, 1.807) is 0 Å². The number of rotatable bonds is 1. The molecule has 0 atom stereocenters. The average molecular weight is 222 g/mol. The number of benzene rings is 1. The zero-order valence-corrected chi connectivity index (χ0v) is 9.87. The van der Waals surface area contributed by atoms with Gasteiger partial charge in [0.2, 0.25) is 0 Å². The van der Waals surface area contributed by atoms with Crippen LogP contribution in [0.2, 0.25) is 0 Å². The van der Waals surface area contributed by atoms with E-state index in [0.717, 1.165) is 16.8 Å². The Labute approximate surface area is 94.7 Å². The molecule has 15 heavy (non-hydrogen) atoms. The molecular weight excluding hydrogens is 208 g/mol. The first-order chi connectivity index (χ1) is 6.91. The fraction of sp³-hybridized carbons (Fsp3) is 0.273. The lowest BCUT2D eigenvalue weighted by atomic mass is 10.1. The van der Waals surface area contributed by atoms with Crippen molar-refractivity contribution >= 4 is 28.8 Å². The number of nitrogens with one attached hydrogen (secondary N) is 1. The van der Waals surface area contributed by atoms with E-state index in [9.17, 15) is 4.79 Å². The van der Waals surface area contributed by atoms with Crippen molar-refractivity contribution in [2.75, 3.05) is 5.32 Å². The van der Waals surface area contributed by atoms with E-state index < -0.39 is 5.91 Å². The molecule has 3 N–H and O–H groups in total. The molecule has 0 fully saturated rings. The fourth-order valence-electron chi connectivity index (χ4n) is 1.55. The Morgan fingerprint density at radius 2 is 1.73 bits per heavy atom. The Morgan fingerprint density at radius 1 is 1.27 bits per heavy atom. The number of aryl methyl sites for hydroxylation is 3. The Balaban J connectivity index is 3.05. The fourth-order valence-corrected chi connectivity index (χ4v) is 1.65. The first kappa shape index (κ1) is 11.7. The molecule has 0 aliphatic heterocycles. The summed E-state index contributed by atoms with van der Waals surface area (Å²) in [6.45, 7) is 5.95. The molecule has 0 saturated heterocycles. The smallest absolute Gasteiger partial charge is 0.276 e. The SMILES string of the molecule is Cc1cc(C)c(NC(=S)C(N)=O)c(C)c1. The summed E-state index contributed by atoms with van der Waals surface area (Å²) in [6, 6.07) is 4.05. The first-order valence-electron chi connectivity index (χ1n) is 4.60. The molecule has 0 radical (unpaired) electrons. The topological polar surface area (TPSA) is 55.1 Å².